The topological polar surface area (TPSA) is 65.9 Å². The van der Waals surface area contributed by atoms with Gasteiger partial charge in [0.1, 0.15) is 0 Å². The van der Waals surface area contributed by atoms with E-state index in [1.807, 2.05) is 0 Å². The van der Waals surface area contributed by atoms with E-state index in [1.165, 1.54) is 32.1 Å². The lowest BCUT2D eigenvalue weighted by Crippen LogP contribution is -2.43. The lowest BCUT2D eigenvalue weighted by Gasteiger charge is -2.29. The van der Waals surface area contributed by atoms with Crippen molar-refractivity contribution in [2.24, 2.45) is 15.8 Å². The van der Waals surface area contributed by atoms with E-state index in [0.29, 0.717) is 5.41 Å². The van der Waals surface area contributed by atoms with Crippen molar-refractivity contribution < 1.29 is 9.84 Å². The van der Waals surface area contributed by atoms with Gasteiger partial charge in [-0.25, -0.2) is 0 Å². The van der Waals surface area contributed by atoms with E-state index < -0.39 is 0 Å². The molecular weight excluding hydrogens is 417 g/mol. The Balaban J connectivity index is 0.00000288. The molecule has 1 unspecified atom stereocenters. The Morgan fingerprint density at radius 1 is 1.12 bits per heavy atom. The van der Waals surface area contributed by atoms with Gasteiger partial charge in [-0.15, -0.1) is 24.0 Å². The molecular formula is C18H36IN3O2. The minimum absolute atomic E-state index is 0. The normalized spacial score (nSPS) is 26.2. The Hall–Kier alpha value is -0.0800. The van der Waals surface area contributed by atoms with E-state index >= 15 is 0 Å². The van der Waals surface area contributed by atoms with Crippen LogP contribution in [0.15, 0.2) is 4.99 Å². The summed E-state index contributed by atoms with van der Waals surface area (Å²) in [5, 5.41) is 16.3. The molecule has 1 atom stereocenters. The van der Waals surface area contributed by atoms with Gasteiger partial charge in [-0.1, -0.05) is 19.8 Å². The molecule has 0 spiro atoms. The van der Waals surface area contributed by atoms with Crippen LogP contribution in [0.4, 0.5) is 0 Å². The third-order valence-electron chi connectivity index (χ3n) is 5.79. The Morgan fingerprint density at radius 3 is 2.42 bits per heavy atom. The average molecular weight is 453 g/mol. The fourth-order valence-electron chi connectivity index (χ4n) is 3.93. The largest absolute Gasteiger partial charge is 0.396 e. The number of nitrogens with one attached hydrogen (secondary N) is 2. The smallest absolute Gasteiger partial charge is 0.191 e. The summed E-state index contributed by atoms with van der Waals surface area (Å²) in [5.74, 6) is 0.913. The van der Waals surface area contributed by atoms with Crippen molar-refractivity contribution in [1.82, 2.24) is 10.6 Å². The Morgan fingerprint density at radius 2 is 1.88 bits per heavy atom. The van der Waals surface area contributed by atoms with Crippen LogP contribution in [0.1, 0.15) is 58.8 Å². The van der Waals surface area contributed by atoms with Crippen LogP contribution in [0.25, 0.3) is 0 Å². The van der Waals surface area contributed by atoms with Crippen LogP contribution in [0.2, 0.25) is 0 Å². The number of hydrogen-bond acceptors (Lipinski definition) is 3. The summed E-state index contributed by atoms with van der Waals surface area (Å²) >= 11 is 0. The van der Waals surface area contributed by atoms with E-state index in [2.05, 4.69) is 24.5 Å². The molecule has 2 fully saturated rings. The summed E-state index contributed by atoms with van der Waals surface area (Å²) in [4.78, 5) is 4.82. The fraction of sp³-hybridized carbons (Fsp3) is 0.944. The van der Waals surface area contributed by atoms with Crippen LogP contribution >= 0.6 is 24.0 Å². The van der Waals surface area contributed by atoms with Gasteiger partial charge in [0.25, 0.3) is 0 Å². The van der Waals surface area contributed by atoms with Gasteiger partial charge in [-0.3, -0.25) is 4.99 Å². The van der Waals surface area contributed by atoms with Crippen LogP contribution in [0.3, 0.4) is 0 Å². The zero-order valence-electron chi connectivity index (χ0n) is 15.4. The molecule has 1 saturated heterocycles. The quantitative estimate of drug-likeness (QED) is 0.301. The molecule has 1 aliphatic carbocycles. The van der Waals surface area contributed by atoms with Gasteiger partial charge in [0.2, 0.25) is 0 Å². The van der Waals surface area contributed by atoms with Crippen LogP contribution in [0.5, 0.6) is 0 Å². The summed E-state index contributed by atoms with van der Waals surface area (Å²) in [7, 11) is 0. The maximum atomic E-state index is 9.34. The van der Waals surface area contributed by atoms with Crippen molar-refractivity contribution in [3.05, 3.63) is 0 Å². The minimum atomic E-state index is 0. The predicted molar refractivity (Wildman–Crippen MR) is 110 cm³/mol. The fourth-order valence-corrected chi connectivity index (χ4v) is 3.93. The molecule has 0 aromatic carbocycles. The second kappa shape index (κ2) is 10.8. The van der Waals surface area contributed by atoms with E-state index in [1.54, 1.807) is 0 Å². The van der Waals surface area contributed by atoms with E-state index in [4.69, 9.17) is 9.73 Å². The molecule has 6 heteroatoms. The molecule has 1 saturated carbocycles. The lowest BCUT2D eigenvalue weighted by molar-refractivity contribution is 0.131. The van der Waals surface area contributed by atoms with Gasteiger partial charge in [-0.2, -0.15) is 0 Å². The average Bonchev–Trinajstić information content (AvgIpc) is 3.21. The third-order valence-corrected chi connectivity index (χ3v) is 5.79. The Bertz CT molecular complexity index is 378. The van der Waals surface area contributed by atoms with Gasteiger partial charge in [0.15, 0.2) is 5.96 Å². The van der Waals surface area contributed by atoms with Gasteiger partial charge in [0, 0.05) is 31.7 Å². The number of hydrogen-bond donors (Lipinski definition) is 3. The van der Waals surface area contributed by atoms with E-state index in [-0.39, 0.29) is 36.0 Å². The van der Waals surface area contributed by atoms with Crippen molar-refractivity contribution in [3.63, 3.8) is 0 Å². The standard InChI is InChI=1S/C18H35N3O2.HI/c1-3-17(7-5-6-8-17)13-20-16(19-4-2)21-14-18(9-11-22)10-12-23-15-18;/h22H,3-15H2,1-2H3,(H2,19,20,21);1H. The van der Waals surface area contributed by atoms with Crippen molar-refractivity contribution in [1.29, 1.82) is 0 Å². The highest BCUT2D eigenvalue weighted by Gasteiger charge is 2.35. The second-order valence-electron chi connectivity index (χ2n) is 7.39. The van der Waals surface area contributed by atoms with Crippen LogP contribution in [-0.2, 0) is 4.74 Å². The lowest BCUT2D eigenvalue weighted by atomic mass is 9.83. The highest BCUT2D eigenvalue weighted by atomic mass is 127. The molecule has 5 nitrogen and oxygen atoms in total. The van der Waals surface area contributed by atoms with E-state index in [9.17, 15) is 5.11 Å². The number of ether oxygens (including phenoxy) is 1. The first-order chi connectivity index (χ1) is 11.2. The molecule has 24 heavy (non-hydrogen) atoms. The van der Waals surface area contributed by atoms with Crippen molar-refractivity contribution in [2.45, 2.75) is 58.8 Å². The summed E-state index contributed by atoms with van der Waals surface area (Å²) in [6, 6.07) is 0. The molecule has 0 aromatic rings. The van der Waals surface area contributed by atoms with Gasteiger partial charge in [0.05, 0.1) is 13.2 Å². The zero-order valence-corrected chi connectivity index (χ0v) is 17.7. The van der Waals surface area contributed by atoms with Crippen LogP contribution in [0, 0.1) is 10.8 Å². The summed E-state index contributed by atoms with van der Waals surface area (Å²) < 4.78 is 5.56. The Labute approximate surface area is 164 Å². The highest BCUT2D eigenvalue weighted by Crippen LogP contribution is 2.40. The molecule has 3 N–H and O–H groups in total. The van der Waals surface area contributed by atoms with Crippen LogP contribution in [-0.4, -0.2) is 50.5 Å². The van der Waals surface area contributed by atoms with E-state index in [0.717, 1.165) is 51.6 Å². The van der Waals surface area contributed by atoms with Gasteiger partial charge >= 0.3 is 0 Å². The predicted octanol–water partition coefficient (Wildman–Crippen LogP) is 2.92. The number of aliphatic hydroxyl groups excluding tert-OH is 1. The van der Waals surface area contributed by atoms with Gasteiger partial charge < -0.3 is 20.5 Å². The number of guanidine groups is 1. The maximum Gasteiger partial charge on any atom is 0.191 e. The van der Waals surface area contributed by atoms with Crippen LogP contribution < -0.4 is 10.6 Å². The number of aliphatic imine (C=N–C) groups is 1. The summed E-state index contributed by atoms with van der Waals surface area (Å²) in [5.41, 5.74) is 0.475. The first-order valence-corrected chi connectivity index (χ1v) is 9.38. The molecule has 1 heterocycles. The zero-order chi connectivity index (χ0) is 16.6. The minimum Gasteiger partial charge on any atom is -0.396 e. The molecule has 0 amide bonds. The van der Waals surface area contributed by atoms with Crippen molar-refractivity contribution in [2.75, 3.05) is 39.5 Å². The van der Waals surface area contributed by atoms with Gasteiger partial charge in [-0.05, 0) is 44.4 Å². The maximum absolute atomic E-state index is 9.34. The Kier molecular flexibility index (Phi) is 9.89. The first kappa shape index (κ1) is 22.0. The monoisotopic (exact) mass is 453 g/mol. The molecule has 0 radical (unpaired) electrons. The summed E-state index contributed by atoms with van der Waals surface area (Å²) in [6.45, 7) is 8.73. The van der Waals surface area contributed by atoms with Crippen molar-refractivity contribution >= 4 is 29.9 Å². The SMILES string of the molecule is CCNC(=NCC1(CCO)CCOC1)NCC1(CC)CCCC1.I. The molecule has 0 aromatic heterocycles. The number of rotatable bonds is 8. The highest BCUT2D eigenvalue weighted by molar-refractivity contribution is 14.0. The van der Waals surface area contributed by atoms with Crippen molar-refractivity contribution in [3.8, 4) is 0 Å². The molecule has 142 valence electrons. The second-order valence-corrected chi connectivity index (χ2v) is 7.39. The number of aliphatic hydroxyl groups is 1. The molecule has 2 rings (SSSR count). The number of nitrogens with zero attached hydrogens (tertiary/aromatic N) is 1. The molecule has 2 aliphatic rings. The molecule has 1 aliphatic heterocycles. The summed E-state index contributed by atoms with van der Waals surface area (Å²) in [6.07, 6.45) is 8.39. The third kappa shape index (κ3) is 6.02. The molecule has 0 bridgehead atoms. The first-order valence-electron chi connectivity index (χ1n) is 9.38. The number of halogens is 1.